The van der Waals surface area contributed by atoms with Gasteiger partial charge in [-0.1, -0.05) is 0 Å². The average Bonchev–Trinajstić information content (AvgIpc) is 3.40. The van der Waals surface area contributed by atoms with E-state index in [9.17, 15) is 9.18 Å². The summed E-state index contributed by atoms with van der Waals surface area (Å²) in [5.41, 5.74) is 5.70. The molecule has 2 aromatic heterocycles. The number of aromatic amines is 1. The summed E-state index contributed by atoms with van der Waals surface area (Å²) in [6.07, 6.45) is 3.27. The van der Waals surface area contributed by atoms with Crippen molar-refractivity contribution in [2.75, 3.05) is 5.32 Å². The SMILES string of the molecule is Cn1nccc1-c1cc(NC(=O)c2cc(F)cc3[nH]ncc23)cc2c1CNC2. The summed E-state index contributed by atoms with van der Waals surface area (Å²) in [5, 5.41) is 17.7. The van der Waals surface area contributed by atoms with Crippen LogP contribution in [0.3, 0.4) is 0 Å². The van der Waals surface area contributed by atoms with Crippen molar-refractivity contribution in [3.63, 3.8) is 0 Å². The first-order valence-electron chi connectivity index (χ1n) is 8.89. The minimum absolute atomic E-state index is 0.240. The summed E-state index contributed by atoms with van der Waals surface area (Å²) in [6.45, 7) is 1.50. The second kappa shape index (κ2) is 6.28. The molecular weight excluding hydrogens is 359 g/mol. The molecule has 0 radical (unpaired) electrons. The van der Waals surface area contributed by atoms with Gasteiger partial charge in [0, 0.05) is 43.0 Å². The lowest BCUT2D eigenvalue weighted by Crippen LogP contribution is -2.13. The molecule has 2 aromatic carbocycles. The van der Waals surface area contributed by atoms with Crippen molar-refractivity contribution in [1.29, 1.82) is 0 Å². The number of benzene rings is 2. The normalized spacial score (nSPS) is 13.1. The van der Waals surface area contributed by atoms with Gasteiger partial charge in [0.25, 0.3) is 5.91 Å². The molecule has 7 nitrogen and oxygen atoms in total. The van der Waals surface area contributed by atoms with Gasteiger partial charge < -0.3 is 10.6 Å². The zero-order valence-corrected chi connectivity index (χ0v) is 15.1. The van der Waals surface area contributed by atoms with Crippen molar-refractivity contribution >= 4 is 22.5 Å². The highest BCUT2D eigenvalue weighted by Crippen LogP contribution is 2.33. The van der Waals surface area contributed by atoms with Gasteiger partial charge in [-0.05, 0) is 41.5 Å². The van der Waals surface area contributed by atoms with Gasteiger partial charge in [-0.15, -0.1) is 0 Å². The number of aryl methyl sites for hydroxylation is 1. The minimum atomic E-state index is -0.490. The Morgan fingerprint density at radius 2 is 2.14 bits per heavy atom. The number of anilines is 1. The van der Waals surface area contributed by atoms with Crippen molar-refractivity contribution < 1.29 is 9.18 Å². The van der Waals surface area contributed by atoms with Crippen molar-refractivity contribution in [3.8, 4) is 11.3 Å². The molecule has 0 spiro atoms. The average molecular weight is 376 g/mol. The molecule has 3 N–H and O–H groups in total. The Kier molecular flexibility index (Phi) is 3.73. The van der Waals surface area contributed by atoms with Crippen LogP contribution in [0.1, 0.15) is 21.5 Å². The summed E-state index contributed by atoms with van der Waals surface area (Å²) < 4.78 is 15.7. The molecule has 140 valence electrons. The molecule has 3 heterocycles. The number of nitrogens with one attached hydrogen (secondary N) is 3. The van der Waals surface area contributed by atoms with Crippen LogP contribution in [0.2, 0.25) is 0 Å². The van der Waals surface area contributed by atoms with E-state index >= 15 is 0 Å². The molecule has 8 heteroatoms. The molecule has 0 saturated heterocycles. The largest absolute Gasteiger partial charge is 0.322 e. The Bertz CT molecular complexity index is 1220. The second-order valence-electron chi connectivity index (χ2n) is 6.84. The van der Waals surface area contributed by atoms with Gasteiger partial charge in [-0.2, -0.15) is 10.2 Å². The number of H-pyrrole nitrogens is 1. The predicted molar refractivity (Wildman–Crippen MR) is 103 cm³/mol. The molecule has 0 fully saturated rings. The van der Waals surface area contributed by atoms with E-state index < -0.39 is 5.82 Å². The van der Waals surface area contributed by atoms with Crippen LogP contribution in [0.25, 0.3) is 22.2 Å². The Balaban J connectivity index is 1.56. The van der Waals surface area contributed by atoms with E-state index in [0.29, 0.717) is 16.6 Å². The number of halogens is 1. The van der Waals surface area contributed by atoms with Gasteiger partial charge in [-0.3, -0.25) is 14.6 Å². The molecule has 28 heavy (non-hydrogen) atoms. The smallest absolute Gasteiger partial charge is 0.256 e. The summed E-state index contributed by atoms with van der Waals surface area (Å²) in [7, 11) is 1.89. The van der Waals surface area contributed by atoms with Gasteiger partial charge in [-0.25, -0.2) is 4.39 Å². The van der Waals surface area contributed by atoms with Gasteiger partial charge in [0.15, 0.2) is 0 Å². The summed E-state index contributed by atoms with van der Waals surface area (Å²) in [5.74, 6) is -0.872. The van der Waals surface area contributed by atoms with E-state index in [4.69, 9.17) is 0 Å². The topological polar surface area (TPSA) is 87.6 Å². The lowest BCUT2D eigenvalue weighted by atomic mass is 9.99. The van der Waals surface area contributed by atoms with Crippen LogP contribution in [-0.2, 0) is 20.1 Å². The molecule has 0 aliphatic carbocycles. The highest BCUT2D eigenvalue weighted by atomic mass is 19.1. The maximum atomic E-state index is 13.9. The summed E-state index contributed by atoms with van der Waals surface area (Å²) in [4.78, 5) is 12.9. The molecule has 0 saturated carbocycles. The predicted octanol–water partition coefficient (Wildman–Crippen LogP) is 2.96. The lowest BCUT2D eigenvalue weighted by Gasteiger charge is -2.13. The van der Waals surface area contributed by atoms with Gasteiger partial charge >= 0.3 is 0 Å². The third kappa shape index (κ3) is 2.66. The second-order valence-corrected chi connectivity index (χ2v) is 6.84. The van der Waals surface area contributed by atoms with E-state index in [1.54, 1.807) is 10.9 Å². The van der Waals surface area contributed by atoms with Gasteiger partial charge in [0.1, 0.15) is 5.82 Å². The molecule has 0 bridgehead atoms. The maximum Gasteiger partial charge on any atom is 0.256 e. The van der Waals surface area contributed by atoms with Gasteiger partial charge in [0.05, 0.1) is 23.0 Å². The lowest BCUT2D eigenvalue weighted by molar-refractivity contribution is 0.102. The van der Waals surface area contributed by atoms with Crippen LogP contribution in [0.15, 0.2) is 42.7 Å². The number of rotatable bonds is 3. The van der Waals surface area contributed by atoms with Gasteiger partial charge in [0.2, 0.25) is 0 Å². The number of nitrogens with zero attached hydrogens (tertiary/aromatic N) is 3. The molecule has 0 unspecified atom stereocenters. The number of carbonyl (C=O) groups excluding carboxylic acids is 1. The Labute approximate surface area is 159 Å². The fourth-order valence-electron chi connectivity index (χ4n) is 3.76. The summed E-state index contributed by atoms with van der Waals surface area (Å²) in [6, 6.07) is 8.39. The van der Waals surface area contributed by atoms with Crippen molar-refractivity contribution in [3.05, 3.63) is 65.2 Å². The van der Waals surface area contributed by atoms with Crippen molar-refractivity contribution in [1.82, 2.24) is 25.3 Å². The fraction of sp³-hybridized carbons (Fsp3) is 0.150. The van der Waals surface area contributed by atoms with Crippen LogP contribution in [0.5, 0.6) is 0 Å². The molecule has 1 amide bonds. The first-order chi connectivity index (χ1) is 13.6. The zero-order valence-electron chi connectivity index (χ0n) is 15.1. The van der Waals surface area contributed by atoms with Crippen LogP contribution in [0.4, 0.5) is 10.1 Å². The number of hydrogen-bond acceptors (Lipinski definition) is 4. The van der Waals surface area contributed by atoms with E-state index in [0.717, 1.165) is 29.9 Å². The van der Waals surface area contributed by atoms with Crippen LogP contribution in [0, 0.1) is 5.82 Å². The first-order valence-corrected chi connectivity index (χ1v) is 8.89. The van der Waals surface area contributed by atoms with E-state index in [2.05, 4.69) is 25.9 Å². The van der Waals surface area contributed by atoms with E-state index in [1.165, 1.54) is 23.9 Å². The van der Waals surface area contributed by atoms with Crippen LogP contribution in [-0.4, -0.2) is 25.9 Å². The Hall–Kier alpha value is -3.52. The molecule has 1 aliphatic rings. The third-order valence-electron chi connectivity index (χ3n) is 5.08. The van der Waals surface area contributed by atoms with Crippen molar-refractivity contribution in [2.24, 2.45) is 7.05 Å². The highest BCUT2D eigenvalue weighted by molar-refractivity contribution is 6.12. The summed E-state index contributed by atoms with van der Waals surface area (Å²) >= 11 is 0. The molecular formula is C20H17FN6O. The Morgan fingerprint density at radius 3 is 2.96 bits per heavy atom. The number of hydrogen-bond donors (Lipinski definition) is 3. The third-order valence-corrected chi connectivity index (χ3v) is 5.08. The van der Waals surface area contributed by atoms with E-state index in [-0.39, 0.29) is 11.5 Å². The molecule has 0 atom stereocenters. The molecule has 5 rings (SSSR count). The molecule has 4 aromatic rings. The quantitative estimate of drug-likeness (QED) is 0.513. The first kappa shape index (κ1) is 16.6. The minimum Gasteiger partial charge on any atom is -0.322 e. The van der Waals surface area contributed by atoms with Crippen LogP contribution < -0.4 is 10.6 Å². The number of fused-ring (bicyclic) bond motifs is 2. The monoisotopic (exact) mass is 376 g/mol. The molecule has 1 aliphatic heterocycles. The number of amides is 1. The highest BCUT2D eigenvalue weighted by Gasteiger charge is 2.20. The number of aromatic nitrogens is 4. The van der Waals surface area contributed by atoms with Crippen molar-refractivity contribution in [2.45, 2.75) is 13.1 Å². The fourth-order valence-corrected chi connectivity index (χ4v) is 3.76. The zero-order chi connectivity index (χ0) is 19.3. The Morgan fingerprint density at radius 1 is 1.25 bits per heavy atom. The van der Waals surface area contributed by atoms with Crippen LogP contribution >= 0.6 is 0 Å². The number of carbonyl (C=O) groups is 1. The maximum absolute atomic E-state index is 13.9. The standard InChI is InChI=1S/C20H17FN6O/c1-27-19(2-3-24-27)14-7-13(4-11-8-22-9-16(11)14)25-20(28)15-5-12(21)6-18-17(15)10-23-26-18/h2-7,10,22H,8-9H2,1H3,(H,23,26)(H,25,28). The van der Waals surface area contributed by atoms with E-state index in [1.807, 2.05) is 25.2 Å².